The average Bonchev–Trinajstić information content (AvgIpc) is 2.96. The van der Waals surface area contributed by atoms with Crippen molar-refractivity contribution in [3.63, 3.8) is 0 Å². The highest BCUT2D eigenvalue weighted by Gasteiger charge is 2.25. The molecule has 9 nitrogen and oxygen atoms in total. The molecule has 4 aromatic rings. The maximum Gasteiger partial charge on any atom is 0.237 e. The van der Waals surface area contributed by atoms with E-state index in [1.165, 1.54) is 69.0 Å². The quantitative estimate of drug-likeness (QED) is 0.263. The first kappa shape index (κ1) is 28.8. The van der Waals surface area contributed by atoms with Crippen LogP contribution in [0.25, 0.3) is 11.3 Å². The van der Waals surface area contributed by atoms with Crippen molar-refractivity contribution in [1.82, 2.24) is 20.3 Å². The van der Waals surface area contributed by atoms with Crippen LogP contribution in [-0.4, -0.2) is 36.5 Å². The van der Waals surface area contributed by atoms with Crippen molar-refractivity contribution in [2.24, 2.45) is 0 Å². The van der Waals surface area contributed by atoms with Gasteiger partial charge in [0.25, 0.3) is 0 Å². The van der Waals surface area contributed by atoms with Crippen molar-refractivity contribution in [1.29, 1.82) is 0 Å². The molecule has 0 unspecified atom stereocenters. The van der Waals surface area contributed by atoms with Crippen LogP contribution in [0.1, 0.15) is 24.8 Å². The Hall–Kier alpha value is -4.23. The van der Waals surface area contributed by atoms with Crippen molar-refractivity contribution in [2.75, 3.05) is 23.5 Å². The highest BCUT2D eigenvalue weighted by Crippen LogP contribution is 2.35. The maximum atomic E-state index is 14.8. The first-order valence-corrected chi connectivity index (χ1v) is 14.0. The van der Waals surface area contributed by atoms with Crippen molar-refractivity contribution in [2.45, 2.75) is 25.0 Å². The SMILES string of the molecule is C1CCNCC1.Nc1nccc(-c2cccnc2Oc2cc(F)c(NS(=O)(=O)Cc3ccccc3)c(F)c2F)n1. The molecule has 0 spiro atoms. The summed E-state index contributed by atoms with van der Waals surface area (Å²) in [6.07, 6.45) is 6.91. The fourth-order valence-corrected chi connectivity index (χ4v) is 5.02. The maximum absolute atomic E-state index is 14.8. The summed E-state index contributed by atoms with van der Waals surface area (Å²) in [6, 6.07) is 13.0. The van der Waals surface area contributed by atoms with Crippen molar-refractivity contribution in [3.05, 3.63) is 90.0 Å². The second-order valence-electron chi connectivity index (χ2n) is 8.78. The number of benzene rings is 2. The number of ether oxygens (including phenoxy) is 1. The standard InChI is InChI=1S/C22H16F3N5O3S.C5H11N/c23-15-11-17(33-21-14(7-4-9-27-21)16-8-10-28-22(26)29-16)18(24)19(25)20(15)30-34(31,32)12-13-5-2-1-3-6-13;1-2-4-6-5-3-1/h1-11,30H,12H2,(H2,26,28,29);6H,1-5H2. The highest BCUT2D eigenvalue weighted by atomic mass is 32.2. The smallest absolute Gasteiger partial charge is 0.237 e. The first-order valence-electron chi connectivity index (χ1n) is 12.4. The number of hydrogen-bond acceptors (Lipinski definition) is 8. The van der Waals surface area contributed by atoms with E-state index in [2.05, 4.69) is 20.3 Å². The Morgan fingerprint density at radius 2 is 1.68 bits per heavy atom. The second kappa shape index (κ2) is 13.2. The van der Waals surface area contributed by atoms with E-state index >= 15 is 0 Å². The number of aromatic nitrogens is 3. The van der Waals surface area contributed by atoms with E-state index in [-0.39, 0.29) is 23.1 Å². The third kappa shape index (κ3) is 7.67. The fraction of sp³-hybridized carbons (Fsp3) is 0.222. The van der Waals surface area contributed by atoms with Gasteiger partial charge in [0.2, 0.25) is 27.7 Å². The number of nitrogen functional groups attached to an aromatic ring is 1. The summed E-state index contributed by atoms with van der Waals surface area (Å²) in [6.45, 7) is 2.50. The van der Waals surface area contributed by atoms with Crippen LogP contribution >= 0.6 is 0 Å². The first-order chi connectivity index (χ1) is 19.2. The fourth-order valence-electron chi connectivity index (χ4n) is 3.82. The summed E-state index contributed by atoms with van der Waals surface area (Å²) >= 11 is 0. The van der Waals surface area contributed by atoms with Gasteiger partial charge in [-0.2, -0.15) is 4.39 Å². The largest absolute Gasteiger partial charge is 0.435 e. The van der Waals surface area contributed by atoms with Crippen LogP contribution in [0.15, 0.2) is 67.0 Å². The Balaban J connectivity index is 0.000000546. The van der Waals surface area contributed by atoms with Gasteiger partial charge in [-0.3, -0.25) is 4.72 Å². The van der Waals surface area contributed by atoms with E-state index in [0.29, 0.717) is 11.6 Å². The van der Waals surface area contributed by atoms with E-state index in [9.17, 15) is 21.6 Å². The highest BCUT2D eigenvalue weighted by molar-refractivity contribution is 7.91. The normalized spacial score (nSPS) is 13.2. The molecule has 4 N–H and O–H groups in total. The molecule has 2 aromatic heterocycles. The van der Waals surface area contributed by atoms with Crippen LogP contribution in [-0.2, 0) is 15.8 Å². The van der Waals surface area contributed by atoms with Gasteiger partial charge in [0, 0.05) is 18.5 Å². The van der Waals surface area contributed by atoms with Crippen molar-refractivity contribution >= 4 is 21.7 Å². The predicted molar refractivity (Wildman–Crippen MR) is 145 cm³/mol. The molecule has 1 saturated heterocycles. The number of pyridine rings is 1. The Morgan fingerprint density at radius 1 is 0.925 bits per heavy atom. The van der Waals surface area contributed by atoms with E-state index in [1.54, 1.807) is 29.0 Å². The Morgan fingerprint density at radius 3 is 2.33 bits per heavy atom. The van der Waals surface area contributed by atoms with Crippen LogP contribution in [0, 0.1) is 17.5 Å². The molecule has 210 valence electrons. The molecule has 13 heteroatoms. The molecule has 0 bridgehead atoms. The number of hydrogen-bond donors (Lipinski definition) is 3. The zero-order valence-electron chi connectivity index (χ0n) is 21.3. The number of nitrogens with two attached hydrogens (primary N) is 1. The summed E-state index contributed by atoms with van der Waals surface area (Å²) < 4.78 is 75.9. The molecule has 1 aliphatic heterocycles. The predicted octanol–water partition coefficient (Wildman–Crippen LogP) is 5.03. The molecule has 0 atom stereocenters. The summed E-state index contributed by atoms with van der Waals surface area (Å²) in [5.74, 6) is -6.42. The number of nitrogens with one attached hydrogen (secondary N) is 2. The van der Waals surface area contributed by atoms with Gasteiger partial charge < -0.3 is 15.8 Å². The lowest BCUT2D eigenvalue weighted by Gasteiger charge is -2.14. The summed E-state index contributed by atoms with van der Waals surface area (Å²) in [5, 5.41) is 3.28. The summed E-state index contributed by atoms with van der Waals surface area (Å²) in [4.78, 5) is 11.8. The number of anilines is 2. The van der Waals surface area contributed by atoms with Crippen molar-refractivity contribution in [3.8, 4) is 22.9 Å². The lowest BCUT2D eigenvalue weighted by Crippen LogP contribution is -2.21. The number of halogens is 3. The number of sulfonamides is 1. The van der Waals surface area contributed by atoms with Gasteiger partial charge in [0.1, 0.15) is 5.69 Å². The number of piperidine rings is 1. The lowest BCUT2D eigenvalue weighted by molar-refractivity contribution is 0.401. The van der Waals surface area contributed by atoms with Gasteiger partial charge >= 0.3 is 0 Å². The Kier molecular flexibility index (Phi) is 9.51. The molecule has 0 radical (unpaired) electrons. The van der Waals surface area contributed by atoms with Gasteiger partial charge in [-0.05, 0) is 49.7 Å². The van der Waals surface area contributed by atoms with E-state index in [0.717, 1.165) is 0 Å². The van der Waals surface area contributed by atoms with Gasteiger partial charge in [-0.15, -0.1) is 0 Å². The Labute approximate surface area is 229 Å². The van der Waals surface area contributed by atoms with Crippen LogP contribution < -0.4 is 20.5 Å². The minimum absolute atomic E-state index is 0.0392. The van der Waals surface area contributed by atoms with Crippen LogP contribution in [0.2, 0.25) is 0 Å². The van der Waals surface area contributed by atoms with Crippen LogP contribution in [0.3, 0.4) is 0 Å². The van der Waals surface area contributed by atoms with E-state index in [4.69, 9.17) is 10.5 Å². The number of rotatable bonds is 7. The molecule has 1 aliphatic rings. The minimum atomic E-state index is -4.24. The van der Waals surface area contributed by atoms with Gasteiger partial charge in [0.15, 0.2) is 17.4 Å². The average molecular weight is 573 g/mol. The number of nitrogens with zero attached hydrogens (tertiary/aromatic N) is 3. The molecule has 5 rings (SSSR count). The molecule has 0 amide bonds. The summed E-state index contributed by atoms with van der Waals surface area (Å²) in [5.41, 5.74) is 5.33. The molecule has 1 fully saturated rings. The minimum Gasteiger partial charge on any atom is -0.435 e. The van der Waals surface area contributed by atoms with E-state index in [1.807, 2.05) is 0 Å². The third-order valence-corrected chi connectivity index (χ3v) is 6.95. The van der Waals surface area contributed by atoms with Crippen LogP contribution in [0.4, 0.5) is 24.8 Å². The van der Waals surface area contributed by atoms with Crippen LogP contribution in [0.5, 0.6) is 11.6 Å². The molecule has 0 aliphatic carbocycles. The molecule has 2 aromatic carbocycles. The summed E-state index contributed by atoms with van der Waals surface area (Å²) in [7, 11) is -4.24. The van der Waals surface area contributed by atoms with Gasteiger partial charge in [-0.1, -0.05) is 36.8 Å². The second-order valence-corrected chi connectivity index (χ2v) is 10.5. The molecule has 3 heterocycles. The Bertz CT molecular complexity index is 1540. The molecular formula is C27H27F3N6O3S. The zero-order chi connectivity index (χ0) is 28.5. The monoisotopic (exact) mass is 572 g/mol. The molecule has 0 saturated carbocycles. The third-order valence-electron chi connectivity index (χ3n) is 5.72. The molecule has 40 heavy (non-hydrogen) atoms. The van der Waals surface area contributed by atoms with Crippen molar-refractivity contribution < 1.29 is 26.3 Å². The van der Waals surface area contributed by atoms with Gasteiger partial charge in [-0.25, -0.2) is 32.2 Å². The van der Waals surface area contributed by atoms with E-state index < -0.39 is 44.7 Å². The topological polar surface area (TPSA) is 132 Å². The van der Waals surface area contributed by atoms with Gasteiger partial charge in [0.05, 0.1) is 17.0 Å². The zero-order valence-corrected chi connectivity index (χ0v) is 22.1. The lowest BCUT2D eigenvalue weighted by atomic mass is 10.2. The molecular weight excluding hydrogens is 545 g/mol.